The van der Waals surface area contributed by atoms with Crippen LogP contribution in [0.2, 0.25) is 0 Å². The lowest BCUT2D eigenvalue weighted by Gasteiger charge is -1.98. The van der Waals surface area contributed by atoms with Crippen LogP contribution in [0.1, 0.15) is 28.9 Å². The summed E-state index contributed by atoms with van der Waals surface area (Å²) >= 11 is 1.33. The third-order valence-corrected chi connectivity index (χ3v) is 4.24. The Morgan fingerprint density at radius 3 is 2.68 bits per heavy atom. The second kappa shape index (κ2) is 7.22. The molecular formula is C16H14N4O4S. The number of rotatable bonds is 6. The van der Waals surface area contributed by atoms with Gasteiger partial charge in [0.05, 0.1) is 4.92 Å². The highest BCUT2D eigenvalue weighted by atomic mass is 32.1. The first-order chi connectivity index (χ1) is 12.1. The first-order valence-corrected chi connectivity index (χ1v) is 8.37. The third-order valence-electron chi connectivity index (χ3n) is 3.34. The molecule has 0 saturated heterocycles. The van der Waals surface area contributed by atoms with Crippen molar-refractivity contribution >= 4 is 28.1 Å². The second-order valence-electron chi connectivity index (χ2n) is 5.17. The van der Waals surface area contributed by atoms with Crippen LogP contribution < -0.4 is 5.32 Å². The molecule has 0 spiro atoms. The van der Waals surface area contributed by atoms with Gasteiger partial charge in [-0.25, -0.2) is 0 Å². The molecular weight excluding hydrogens is 344 g/mol. The van der Waals surface area contributed by atoms with E-state index in [1.54, 1.807) is 24.3 Å². The van der Waals surface area contributed by atoms with Crippen molar-refractivity contribution in [3.05, 3.63) is 57.3 Å². The lowest BCUT2D eigenvalue weighted by Crippen LogP contribution is -2.10. The lowest BCUT2D eigenvalue weighted by atomic mass is 10.1. The Balaban J connectivity index is 1.71. The second-order valence-corrected chi connectivity index (χ2v) is 6.24. The minimum atomic E-state index is -0.473. The van der Waals surface area contributed by atoms with Gasteiger partial charge in [0.2, 0.25) is 5.13 Å². The molecule has 0 aliphatic heterocycles. The van der Waals surface area contributed by atoms with E-state index in [1.807, 2.05) is 6.92 Å². The highest BCUT2D eigenvalue weighted by Gasteiger charge is 2.15. The molecule has 2 heterocycles. The molecule has 9 heteroatoms. The van der Waals surface area contributed by atoms with Crippen molar-refractivity contribution in [3.63, 3.8) is 0 Å². The maximum atomic E-state index is 12.2. The smallest absolute Gasteiger partial charge is 0.293 e. The van der Waals surface area contributed by atoms with Crippen LogP contribution in [0.15, 0.2) is 40.8 Å². The Hall–Kier alpha value is -3.07. The average molecular weight is 358 g/mol. The molecule has 2 aromatic heterocycles. The van der Waals surface area contributed by atoms with E-state index >= 15 is 0 Å². The molecule has 128 valence electrons. The summed E-state index contributed by atoms with van der Waals surface area (Å²) in [5.74, 6) is 0.150. The maximum absolute atomic E-state index is 12.2. The Morgan fingerprint density at radius 1 is 1.24 bits per heavy atom. The molecule has 0 unspecified atom stereocenters. The van der Waals surface area contributed by atoms with Crippen molar-refractivity contribution in [1.29, 1.82) is 0 Å². The van der Waals surface area contributed by atoms with E-state index in [9.17, 15) is 14.9 Å². The number of carbonyl (C=O) groups is 1. The van der Waals surface area contributed by atoms with Gasteiger partial charge in [-0.15, -0.1) is 10.2 Å². The van der Waals surface area contributed by atoms with E-state index in [4.69, 9.17) is 4.42 Å². The van der Waals surface area contributed by atoms with Crippen LogP contribution in [-0.2, 0) is 6.42 Å². The molecule has 0 bridgehead atoms. The Kier molecular flexibility index (Phi) is 4.85. The van der Waals surface area contributed by atoms with Crippen molar-refractivity contribution in [2.24, 2.45) is 0 Å². The van der Waals surface area contributed by atoms with Crippen LogP contribution in [0.3, 0.4) is 0 Å². The molecule has 1 N–H and O–H groups in total. The van der Waals surface area contributed by atoms with Crippen LogP contribution in [-0.4, -0.2) is 21.0 Å². The highest BCUT2D eigenvalue weighted by molar-refractivity contribution is 7.15. The third kappa shape index (κ3) is 3.89. The fourth-order valence-electron chi connectivity index (χ4n) is 2.14. The average Bonchev–Trinajstić information content (AvgIpc) is 3.25. The van der Waals surface area contributed by atoms with Gasteiger partial charge < -0.3 is 4.42 Å². The normalized spacial score (nSPS) is 10.6. The largest absolute Gasteiger partial charge is 0.451 e. The SMILES string of the molecule is CCCc1nnc(NC(=O)c2ccc(-c3ccc([N+](=O)[O-])cc3)o2)s1. The van der Waals surface area contributed by atoms with Crippen LogP contribution in [0.5, 0.6) is 0 Å². The first kappa shape index (κ1) is 16.8. The number of nitrogens with zero attached hydrogens (tertiary/aromatic N) is 3. The predicted molar refractivity (Wildman–Crippen MR) is 92.7 cm³/mol. The number of carbonyl (C=O) groups excluding carboxylic acids is 1. The van der Waals surface area contributed by atoms with Crippen LogP contribution in [0.4, 0.5) is 10.8 Å². The van der Waals surface area contributed by atoms with Crippen LogP contribution in [0.25, 0.3) is 11.3 Å². The number of hydrogen-bond acceptors (Lipinski definition) is 7. The number of nitrogens with one attached hydrogen (secondary N) is 1. The number of aromatic nitrogens is 2. The van der Waals surface area contributed by atoms with E-state index < -0.39 is 10.8 Å². The number of hydrogen-bond donors (Lipinski definition) is 1. The van der Waals surface area contributed by atoms with E-state index in [1.165, 1.54) is 23.5 Å². The summed E-state index contributed by atoms with van der Waals surface area (Å²) in [4.78, 5) is 22.4. The molecule has 0 atom stereocenters. The van der Waals surface area contributed by atoms with Gasteiger partial charge in [0, 0.05) is 24.1 Å². The Bertz CT molecular complexity index is 901. The monoisotopic (exact) mass is 358 g/mol. The highest BCUT2D eigenvalue weighted by Crippen LogP contribution is 2.25. The van der Waals surface area contributed by atoms with Crippen molar-refractivity contribution in [2.75, 3.05) is 5.32 Å². The summed E-state index contributed by atoms with van der Waals surface area (Å²) in [5.41, 5.74) is 0.637. The predicted octanol–water partition coefficient (Wildman–Crippen LogP) is 3.91. The summed E-state index contributed by atoms with van der Waals surface area (Å²) in [6, 6.07) is 9.09. The van der Waals surface area contributed by atoms with Crippen molar-refractivity contribution < 1.29 is 14.1 Å². The Labute approximate surface area is 146 Å². The fraction of sp³-hybridized carbons (Fsp3) is 0.188. The topological polar surface area (TPSA) is 111 Å². The number of non-ortho nitro benzene ring substituents is 1. The summed E-state index contributed by atoms with van der Waals surface area (Å²) in [6.07, 6.45) is 1.78. The number of benzene rings is 1. The zero-order chi connectivity index (χ0) is 17.8. The molecule has 0 aliphatic rings. The molecule has 1 amide bonds. The standard InChI is InChI=1S/C16H14N4O4S/c1-2-3-14-18-19-16(25-14)17-15(21)13-9-8-12(24-13)10-4-6-11(7-5-10)20(22)23/h4-9H,2-3H2,1H3,(H,17,19,21). The first-order valence-electron chi connectivity index (χ1n) is 7.55. The number of furan rings is 1. The molecule has 0 aliphatic carbocycles. The lowest BCUT2D eigenvalue weighted by molar-refractivity contribution is -0.384. The van der Waals surface area contributed by atoms with Gasteiger partial charge in [-0.1, -0.05) is 18.3 Å². The van der Waals surface area contributed by atoms with E-state index in [0.717, 1.165) is 17.8 Å². The Morgan fingerprint density at radius 2 is 2.00 bits per heavy atom. The zero-order valence-corrected chi connectivity index (χ0v) is 14.1. The number of aryl methyl sites for hydroxylation is 1. The van der Waals surface area contributed by atoms with Crippen LogP contribution in [0, 0.1) is 10.1 Å². The van der Waals surface area contributed by atoms with Gasteiger partial charge in [-0.2, -0.15) is 0 Å². The van der Waals surface area contributed by atoms with Gasteiger partial charge in [0.25, 0.3) is 11.6 Å². The summed E-state index contributed by atoms with van der Waals surface area (Å²) in [6.45, 7) is 2.04. The zero-order valence-electron chi connectivity index (χ0n) is 13.3. The van der Waals surface area contributed by atoms with Crippen molar-refractivity contribution in [1.82, 2.24) is 10.2 Å². The van der Waals surface area contributed by atoms with Gasteiger partial charge in [-0.3, -0.25) is 20.2 Å². The quantitative estimate of drug-likeness (QED) is 0.528. The number of anilines is 1. The number of nitro groups is 1. The molecule has 3 aromatic rings. The fourth-order valence-corrected chi connectivity index (χ4v) is 2.98. The summed E-state index contributed by atoms with van der Waals surface area (Å²) in [5, 5.41) is 22.5. The van der Waals surface area contributed by atoms with E-state index in [2.05, 4.69) is 15.5 Å². The maximum Gasteiger partial charge on any atom is 0.293 e. The molecule has 0 radical (unpaired) electrons. The molecule has 1 aromatic carbocycles. The molecule has 8 nitrogen and oxygen atoms in total. The van der Waals surface area contributed by atoms with Crippen LogP contribution >= 0.6 is 11.3 Å². The van der Waals surface area contributed by atoms with Gasteiger partial charge >= 0.3 is 0 Å². The molecule has 25 heavy (non-hydrogen) atoms. The minimum absolute atomic E-state index is 0.00701. The van der Waals surface area contributed by atoms with Gasteiger partial charge in [0.15, 0.2) is 5.76 Å². The number of nitro benzene ring substituents is 1. The van der Waals surface area contributed by atoms with Crippen molar-refractivity contribution in [2.45, 2.75) is 19.8 Å². The molecule has 0 fully saturated rings. The summed E-state index contributed by atoms with van der Waals surface area (Å²) < 4.78 is 5.53. The molecule has 3 rings (SSSR count). The van der Waals surface area contributed by atoms with E-state index in [-0.39, 0.29) is 11.4 Å². The van der Waals surface area contributed by atoms with E-state index in [0.29, 0.717) is 16.5 Å². The minimum Gasteiger partial charge on any atom is -0.451 e. The van der Waals surface area contributed by atoms with Gasteiger partial charge in [0.1, 0.15) is 10.8 Å². The van der Waals surface area contributed by atoms with Gasteiger partial charge in [-0.05, 0) is 30.7 Å². The summed E-state index contributed by atoms with van der Waals surface area (Å²) in [7, 11) is 0. The number of amides is 1. The van der Waals surface area contributed by atoms with Crippen molar-refractivity contribution in [3.8, 4) is 11.3 Å². The molecule has 0 saturated carbocycles.